The molecule has 2 rings (SSSR count). The molecule has 3 heteroatoms. The van der Waals surface area contributed by atoms with E-state index in [2.05, 4.69) is 4.98 Å². The molecule has 1 aromatic carbocycles. The summed E-state index contributed by atoms with van der Waals surface area (Å²) < 4.78 is 5.33. The molecule has 0 amide bonds. The van der Waals surface area contributed by atoms with E-state index in [4.69, 9.17) is 9.68 Å². The third kappa shape index (κ3) is 2.58. The summed E-state index contributed by atoms with van der Waals surface area (Å²) in [5.41, 5.74) is 1.09. The standard InChI is InChI=1S/C13H10N2O/c14-9-8-12-10-15-13(16-12)7-6-11-4-2-1-3-5-11/h1-7,10H,8H2/b7-6+. The summed E-state index contributed by atoms with van der Waals surface area (Å²) in [6.45, 7) is 0. The van der Waals surface area contributed by atoms with Gasteiger partial charge in [0, 0.05) is 6.08 Å². The number of rotatable bonds is 3. The highest BCUT2D eigenvalue weighted by Crippen LogP contribution is 2.09. The van der Waals surface area contributed by atoms with E-state index in [0.717, 1.165) is 5.56 Å². The SMILES string of the molecule is N#CCc1cnc(/C=C/c2ccccc2)o1. The monoisotopic (exact) mass is 210 g/mol. The lowest BCUT2D eigenvalue weighted by Crippen LogP contribution is -1.72. The van der Waals surface area contributed by atoms with E-state index in [1.54, 1.807) is 12.3 Å². The number of hydrogen-bond acceptors (Lipinski definition) is 3. The maximum absolute atomic E-state index is 8.48. The summed E-state index contributed by atoms with van der Waals surface area (Å²) in [5.74, 6) is 1.12. The van der Waals surface area contributed by atoms with Gasteiger partial charge in [0.2, 0.25) is 5.89 Å². The number of hydrogen-bond donors (Lipinski definition) is 0. The largest absolute Gasteiger partial charge is 0.441 e. The van der Waals surface area contributed by atoms with Gasteiger partial charge >= 0.3 is 0 Å². The molecule has 0 spiro atoms. The van der Waals surface area contributed by atoms with Gasteiger partial charge in [0.1, 0.15) is 5.76 Å². The van der Waals surface area contributed by atoms with Crippen molar-refractivity contribution in [2.75, 3.05) is 0 Å². The van der Waals surface area contributed by atoms with Crippen molar-refractivity contribution in [2.24, 2.45) is 0 Å². The predicted molar refractivity (Wildman–Crippen MR) is 61.2 cm³/mol. The van der Waals surface area contributed by atoms with Crippen molar-refractivity contribution >= 4 is 12.2 Å². The lowest BCUT2D eigenvalue weighted by molar-refractivity contribution is 0.508. The van der Waals surface area contributed by atoms with E-state index >= 15 is 0 Å². The molecule has 3 nitrogen and oxygen atoms in total. The van der Waals surface area contributed by atoms with Crippen LogP contribution in [0.4, 0.5) is 0 Å². The van der Waals surface area contributed by atoms with Crippen molar-refractivity contribution in [3.05, 3.63) is 53.7 Å². The van der Waals surface area contributed by atoms with Gasteiger partial charge in [-0.1, -0.05) is 30.3 Å². The smallest absolute Gasteiger partial charge is 0.218 e. The first-order chi connectivity index (χ1) is 7.88. The quantitative estimate of drug-likeness (QED) is 0.782. The van der Waals surface area contributed by atoms with Crippen LogP contribution in [0.15, 0.2) is 40.9 Å². The van der Waals surface area contributed by atoms with Gasteiger partial charge in [-0.3, -0.25) is 0 Å². The van der Waals surface area contributed by atoms with Gasteiger partial charge in [-0.2, -0.15) is 5.26 Å². The van der Waals surface area contributed by atoms with Crippen LogP contribution in [0, 0.1) is 11.3 Å². The highest BCUT2D eigenvalue weighted by atomic mass is 16.4. The van der Waals surface area contributed by atoms with Crippen molar-refractivity contribution in [1.29, 1.82) is 5.26 Å². The Labute approximate surface area is 93.7 Å². The van der Waals surface area contributed by atoms with Crippen molar-refractivity contribution in [3.63, 3.8) is 0 Å². The molecule has 0 unspecified atom stereocenters. The molecule has 0 fully saturated rings. The van der Waals surface area contributed by atoms with Gasteiger partial charge in [0.05, 0.1) is 18.7 Å². The molecule has 0 saturated heterocycles. The summed E-state index contributed by atoms with van der Waals surface area (Å²) in [5, 5.41) is 8.48. The van der Waals surface area contributed by atoms with E-state index in [1.807, 2.05) is 42.5 Å². The van der Waals surface area contributed by atoms with Crippen LogP contribution in [0.2, 0.25) is 0 Å². The predicted octanol–water partition coefficient (Wildman–Crippen LogP) is 2.91. The first kappa shape index (κ1) is 10.2. The van der Waals surface area contributed by atoms with E-state index < -0.39 is 0 Å². The Bertz CT molecular complexity index is 520. The van der Waals surface area contributed by atoms with Gasteiger partial charge in [0.25, 0.3) is 0 Å². The van der Waals surface area contributed by atoms with Crippen LogP contribution in [0.1, 0.15) is 17.2 Å². The van der Waals surface area contributed by atoms with E-state index in [1.165, 1.54) is 0 Å². The van der Waals surface area contributed by atoms with Crippen molar-refractivity contribution < 1.29 is 4.42 Å². The fraction of sp³-hybridized carbons (Fsp3) is 0.0769. The molecule has 0 aliphatic carbocycles. The molecule has 0 atom stereocenters. The zero-order valence-corrected chi connectivity index (χ0v) is 8.63. The molecule has 78 valence electrons. The summed E-state index contributed by atoms with van der Waals surface area (Å²) in [6, 6.07) is 11.9. The normalized spacial score (nSPS) is 10.4. The summed E-state index contributed by atoms with van der Waals surface area (Å²) in [7, 11) is 0. The second-order valence-corrected chi connectivity index (χ2v) is 3.24. The van der Waals surface area contributed by atoms with Crippen LogP contribution in [-0.2, 0) is 6.42 Å². The topological polar surface area (TPSA) is 49.8 Å². The molecular formula is C13H10N2O. The van der Waals surface area contributed by atoms with E-state index in [9.17, 15) is 0 Å². The van der Waals surface area contributed by atoms with Crippen molar-refractivity contribution in [3.8, 4) is 6.07 Å². The molecular weight excluding hydrogens is 200 g/mol. The lowest BCUT2D eigenvalue weighted by atomic mass is 10.2. The average Bonchev–Trinajstić information content (AvgIpc) is 2.76. The minimum absolute atomic E-state index is 0.256. The molecule has 0 N–H and O–H groups in total. The minimum Gasteiger partial charge on any atom is -0.441 e. The first-order valence-corrected chi connectivity index (χ1v) is 4.93. The third-order valence-corrected chi connectivity index (χ3v) is 2.04. The summed E-state index contributed by atoms with van der Waals surface area (Å²) in [6.07, 6.45) is 5.54. The van der Waals surface area contributed by atoms with Crippen LogP contribution in [0.3, 0.4) is 0 Å². The molecule has 0 bridgehead atoms. The third-order valence-electron chi connectivity index (χ3n) is 2.04. The molecule has 1 aromatic heterocycles. The van der Waals surface area contributed by atoms with Gasteiger partial charge in [-0.25, -0.2) is 4.98 Å². The highest BCUT2D eigenvalue weighted by molar-refractivity contribution is 5.65. The Hall–Kier alpha value is -2.34. The Kier molecular flexibility index (Phi) is 3.15. The van der Waals surface area contributed by atoms with Crippen LogP contribution in [-0.4, -0.2) is 4.98 Å². The Morgan fingerprint density at radius 3 is 2.81 bits per heavy atom. The van der Waals surface area contributed by atoms with Gasteiger partial charge < -0.3 is 4.42 Å². The zero-order valence-electron chi connectivity index (χ0n) is 8.63. The first-order valence-electron chi connectivity index (χ1n) is 4.93. The summed E-state index contributed by atoms with van der Waals surface area (Å²) >= 11 is 0. The van der Waals surface area contributed by atoms with E-state index in [0.29, 0.717) is 11.7 Å². The number of aromatic nitrogens is 1. The van der Waals surface area contributed by atoms with Gasteiger partial charge in [-0.05, 0) is 11.6 Å². The Morgan fingerprint density at radius 1 is 1.25 bits per heavy atom. The molecule has 2 aromatic rings. The Morgan fingerprint density at radius 2 is 2.06 bits per heavy atom. The molecule has 0 aliphatic heterocycles. The fourth-order valence-corrected chi connectivity index (χ4v) is 1.29. The number of benzene rings is 1. The van der Waals surface area contributed by atoms with Crippen molar-refractivity contribution in [2.45, 2.75) is 6.42 Å². The second-order valence-electron chi connectivity index (χ2n) is 3.24. The zero-order chi connectivity index (χ0) is 11.2. The number of nitrogens with zero attached hydrogens (tertiary/aromatic N) is 2. The fourth-order valence-electron chi connectivity index (χ4n) is 1.29. The minimum atomic E-state index is 0.256. The van der Waals surface area contributed by atoms with Crippen LogP contribution in [0.25, 0.3) is 12.2 Å². The lowest BCUT2D eigenvalue weighted by Gasteiger charge is -1.89. The molecule has 0 aliphatic rings. The molecule has 0 saturated carbocycles. The van der Waals surface area contributed by atoms with Gasteiger partial charge in [-0.15, -0.1) is 0 Å². The van der Waals surface area contributed by atoms with Crippen LogP contribution < -0.4 is 0 Å². The molecule has 0 radical (unpaired) electrons. The number of oxazole rings is 1. The molecule has 1 heterocycles. The van der Waals surface area contributed by atoms with Crippen LogP contribution in [0.5, 0.6) is 0 Å². The Balaban J connectivity index is 2.09. The van der Waals surface area contributed by atoms with Crippen molar-refractivity contribution in [1.82, 2.24) is 4.98 Å². The second kappa shape index (κ2) is 4.94. The highest BCUT2D eigenvalue weighted by Gasteiger charge is 1.99. The van der Waals surface area contributed by atoms with Gasteiger partial charge in [0.15, 0.2) is 0 Å². The maximum atomic E-state index is 8.48. The van der Waals surface area contributed by atoms with E-state index in [-0.39, 0.29) is 6.42 Å². The number of nitriles is 1. The molecule has 16 heavy (non-hydrogen) atoms. The summed E-state index contributed by atoms with van der Waals surface area (Å²) in [4.78, 5) is 4.05. The maximum Gasteiger partial charge on any atom is 0.218 e. The van der Waals surface area contributed by atoms with Crippen LogP contribution >= 0.6 is 0 Å². The average molecular weight is 210 g/mol.